The molecule has 2 atom stereocenters. The first-order valence-electron chi connectivity index (χ1n) is 7.24. The van der Waals surface area contributed by atoms with E-state index < -0.39 is 0 Å². The highest BCUT2D eigenvalue weighted by Crippen LogP contribution is 2.58. The van der Waals surface area contributed by atoms with Crippen LogP contribution in [0.15, 0.2) is 35.9 Å². The van der Waals surface area contributed by atoms with Crippen molar-refractivity contribution < 1.29 is 14.6 Å². The second-order valence-corrected chi connectivity index (χ2v) is 6.47. The smallest absolute Gasteiger partial charge is 0.159 e. The number of allylic oxidation sites excluding steroid dienone is 3. The molecule has 4 rings (SSSR count). The van der Waals surface area contributed by atoms with Crippen molar-refractivity contribution in [3.8, 4) is 11.5 Å². The molecule has 0 aromatic heterocycles. The molecule has 3 nitrogen and oxygen atoms in total. The summed E-state index contributed by atoms with van der Waals surface area (Å²) < 4.78 is 5.07. The summed E-state index contributed by atoms with van der Waals surface area (Å²) in [5.74, 6) is 1.67. The molecule has 1 saturated carbocycles. The third-order valence-electron chi connectivity index (χ3n) is 5.02. The normalized spacial score (nSPS) is 26.4. The Hall–Kier alpha value is -2.03. The molecule has 0 spiro atoms. The molecule has 3 aliphatic carbocycles. The molecule has 3 aliphatic rings. The maximum atomic E-state index is 12.0. The van der Waals surface area contributed by atoms with Crippen LogP contribution in [0.4, 0.5) is 0 Å². The first kappa shape index (κ1) is 13.9. The van der Waals surface area contributed by atoms with Crippen LogP contribution in [0.25, 0.3) is 6.08 Å². The zero-order chi connectivity index (χ0) is 15.2. The number of ether oxygens (including phenoxy) is 1. The lowest BCUT2D eigenvalue weighted by molar-refractivity contribution is -0.133. The largest absolute Gasteiger partial charge is 0.507 e. The minimum Gasteiger partial charge on any atom is -0.507 e. The molecule has 1 aromatic rings. The van der Waals surface area contributed by atoms with E-state index in [0.29, 0.717) is 11.7 Å². The average molecular weight is 284 g/mol. The molecule has 0 radical (unpaired) electrons. The van der Waals surface area contributed by atoms with Gasteiger partial charge in [0.2, 0.25) is 0 Å². The molecule has 21 heavy (non-hydrogen) atoms. The quantitative estimate of drug-likeness (QED) is 0.922. The third kappa shape index (κ3) is 2.17. The zero-order valence-corrected chi connectivity index (χ0v) is 12.6. The molecule has 2 bridgehead atoms. The Morgan fingerprint density at radius 3 is 2.62 bits per heavy atom. The number of phenols is 1. The summed E-state index contributed by atoms with van der Waals surface area (Å²) in [7, 11) is 1.57. The average Bonchev–Trinajstić information content (AvgIpc) is 2.44. The molecule has 1 aromatic carbocycles. The maximum absolute atomic E-state index is 12.0. The summed E-state index contributed by atoms with van der Waals surface area (Å²) in [5, 5.41) is 9.96. The van der Waals surface area contributed by atoms with E-state index in [9.17, 15) is 9.90 Å². The molecular weight excluding hydrogens is 264 g/mol. The van der Waals surface area contributed by atoms with Gasteiger partial charge in [-0.15, -0.1) is 0 Å². The molecule has 1 N–H and O–H groups in total. The Bertz CT molecular complexity index is 652. The highest BCUT2D eigenvalue weighted by molar-refractivity contribution is 5.96. The lowest BCUT2D eigenvalue weighted by Crippen LogP contribution is -2.52. The van der Waals surface area contributed by atoms with Crippen LogP contribution >= 0.6 is 0 Å². The van der Waals surface area contributed by atoms with Gasteiger partial charge in [-0.2, -0.15) is 0 Å². The predicted molar refractivity (Wildman–Crippen MR) is 82.2 cm³/mol. The SMILES string of the molecule is COc1ccc(/C=C/C2=CC(=O)[C@@H]3C[C@H]2C3(C)C)c(O)c1. The van der Waals surface area contributed by atoms with Gasteiger partial charge in [-0.05, 0) is 41.5 Å². The maximum Gasteiger partial charge on any atom is 0.159 e. The summed E-state index contributed by atoms with van der Waals surface area (Å²) in [6, 6.07) is 5.21. The Kier molecular flexibility index (Phi) is 3.16. The molecule has 1 fully saturated rings. The van der Waals surface area contributed by atoms with Crippen molar-refractivity contribution in [1.82, 2.24) is 0 Å². The van der Waals surface area contributed by atoms with Gasteiger partial charge in [0.25, 0.3) is 0 Å². The molecule has 0 saturated heterocycles. The van der Waals surface area contributed by atoms with Crippen LogP contribution < -0.4 is 4.74 Å². The summed E-state index contributed by atoms with van der Waals surface area (Å²) in [6.45, 7) is 4.32. The number of methoxy groups -OCH3 is 1. The molecule has 0 heterocycles. The third-order valence-corrected chi connectivity index (χ3v) is 5.02. The molecule has 0 amide bonds. The van der Waals surface area contributed by atoms with Crippen molar-refractivity contribution in [2.45, 2.75) is 20.3 Å². The number of hydrogen-bond acceptors (Lipinski definition) is 3. The van der Waals surface area contributed by atoms with E-state index in [4.69, 9.17) is 4.74 Å². The van der Waals surface area contributed by atoms with E-state index in [1.807, 2.05) is 24.3 Å². The number of aromatic hydroxyl groups is 1. The minimum atomic E-state index is 0.0630. The Morgan fingerprint density at radius 1 is 1.29 bits per heavy atom. The fraction of sp³-hybridized carbons (Fsp3) is 0.389. The number of carbonyl (C=O) groups is 1. The van der Waals surface area contributed by atoms with Crippen LogP contribution in [-0.2, 0) is 4.79 Å². The van der Waals surface area contributed by atoms with Crippen molar-refractivity contribution >= 4 is 11.9 Å². The van der Waals surface area contributed by atoms with Crippen LogP contribution in [0.2, 0.25) is 0 Å². The summed E-state index contributed by atoms with van der Waals surface area (Å²) in [5.41, 5.74) is 1.86. The van der Waals surface area contributed by atoms with Crippen LogP contribution in [0, 0.1) is 17.3 Å². The van der Waals surface area contributed by atoms with Crippen LogP contribution in [0.3, 0.4) is 0 Å². The number of rotatable bonds is 3. The van der Waals surface area contributed by atoms with Gasteiger partial charge in [0.05, 0.1) is 7.11 Å². The van der Waals surface area contributed by atoms with Gasteiger partial charge in [0.1, 0.15) is 11.5 Å². The molecular formula is C18H20O3. The Balaban J connectivity index is 1.85. The molecule has 110 valence electrons. The number of benzene rings is 1. The van der Waals surface area contributed by atoms with E-state index in [1.54, 1.807) is 19.3 Å². The topological polar surface area (TPSA) is 46.5 Å². The Labute approximate surface area is 124 Å². The van der Waals surface area contributed by atoms with E-state index >= 15 is 0 Å². The summed E-state index contributed by atoms with van der Waals surface area (Å²) in [4.78, 5) is 12.0. The standard InChI is InChI=1S/C18H20O3/c1-18(2)14-10-15(18)17(20)8-12(14)5-4-11-6-7-13(21-3)9-16(11)19/h4-9,14-15,19H,10H2,1-3H3/b5-4+/t14-,15+/m1/s1. The lowest BCUT2D eigenvalue weighted by Gasteiger charge is -2.54. The van der Waals surface area contributed by atoms with Gasteiger partial charge >= 0.3 is 0 Å². The predicted octanol–water partition coefficient (Wildman–Crippen LogP) is 3.59. The van der Waals surface area contributed by atoms with Crippen molar-refractivity contribution in [2.75, 3.05) is 7.11 Å². The van der Waals surface area contributed by atoms with Gasteiger partial charge in [-0.3, -0.25) is 4.79 Å². The monoisotopic (exact) mass is 284 g/mol. The number of fused-ring (bicyclic) bond motifs is 1. The molecule has 3 heteroatoms. The second-order valence-electron chi connectivity index (χ2n) is 6.47. The van der Waals surface area contributed by atoms with Crippen molar-refractivity contribution in [2.24, 2.45) is 17.3 Å². The zero-order valence-electron chi connectivity index (χ0n) is 12.6. The van der Waals surface area contributed by atoms with E-state index in [0.717, 1.165) is 17.6 Å². The van der Waals surface area contributed by atoms with E-state index in [1.165, 1.54) is 0 Å². The van der Waals surface area contributed by atoms with Crippen molar-refractivity contribution in [3.05, 3.63) is 41.5 Å². The fourth-order valence-corrected chi connectivity index (χ4v) is 3.48. The van der Waals surface area contributed by atoms with Gasteiger partial charge in [-0.25, -0.2) is 0 Å². The fourth-order valence-electron chi connectivity index (χ4n) is 3.48. The number of phenolic OH excluding ortho intramolecular Hbond substituents is 1. The number of ketones is 1. The van der Waals surface area contributed by atoms with Crippen molar-refractivity contribution in [1.29, 1.82) is 0 Å². The lowest BCUT2D eigenvalue weighted by atomic mass is 9.48. The van der Waals surface area contributed by atoms with Gasteiger partial charge in [-0.1, -0.05) is 26.0 Å². The molecule has 0 unspecified atom stereocenters. The van der Waals surface area contributed by atoms with Gasteiger partial charge in [0.15, 0.2) is 5.78 Å². The number of carbonyl (C=O) groups excluding carboxylic acids is 1. The van der Waals surface area contributed by atoms with Crippen LogP contribution in [0.1, 0.15) is 25.8 Å². The van der Waals surface area contributed by atoms with Crippen LogP contribution in [-0.4, -0.2) is 18.0 Å². The minimum absolute atomic E-state index is 0.0630. The number of hydrogen-bond donors (Lipinski definition) is 1. The highest BCUT2D eigenvalue weighted by atomic mass is 16.5. The van der Waals surface area contributed by atoms with Crippen molar-refractivity contribution in [3.63, 3.8) is 0 Å². The first-order chi connectivity index (χ1) is 9.93. The van der Waals surface area contributed by atoms with Gasteiger partial charge in [0, 0.05) is 17.5 Å². The summed E-state index contributed by atoms with van der Waals surface area (Å²) in [6.07, 6.45) is 6.54. The molecule has 0 aliphatic heterocycles. The van der Waals surface area contributed by atoms with Crippen LogP contribution in [0.5, 0.6) is 11.5 Å². The first-order valence-corrected chi connectivity index (χ1v) is 7.24. The highest BCUT2D eigenvalue weighted by Gasteiger charge is 2.54. The van der Waals surface area contributed by atoms with Gasteiger partial charge < -0.3 is 9.84 Å². The van der Waals surface area contributed by atoms with E-state index in [-0.39, 0.29) is 22.9 Å². The Morgan fingerprint density at radius 2 is 2.05 bits per heavy atom. The summed E-state index contributed by atoms with van der Waals surface area (Å²) >= 11 is 0. The second kappa shape index (κ2) is 4.76. The van der Waals surface area contributed by atoms with E-state index in [2.05, 4.69) is 13.8 Å².